The monoisotopic (exact) mass is 275 g/mol. The molecule has 2 bridgehead atoms. The molecule has 108 valence electrons. The van der Waals surface area contributed by atoms with E-state index in [1.165, 1.54) is 19.3 Å². The van der Waals surface area contributed by atoms with Crippen molar-refractivity contribution in [1.82, 2.24) is 5.32 Å². The van der Waals surface area contributed by atoms with Gasteiger partial charge in [0, 0.05) is 0 Å². The van der Waals surface area contributed by atoms with E-state index in [9.17, 15) is 9.90 Å². The summed E-state index contributed by atoms with van der Waals surface area (Å²) in [5.41, 5.74) is 1.37. The number of benzene rings is 1. The third kappa shape index (κ3) is 2.80. The molecule has 0 saturated heterocycles. The van der Waals surface area contributed by atoms with E-state index in [2.05, 4.69) is 5.32 Å². The highest BCUT2D eigenvalue weighted by Crippen LogP contribution is 2.66. The molecule has 3 fully saturated rings. The zero-order valence-corrected chi connectivity index (χ0v) is 11.5. The van der Waals surface area contributed by atoms with E-state index in [1.54, 1.807) is 0 Å². The Labute approximate surface area is 119 Å². The van der Waals surface area contributed by atoms with E-state index in [0.717, 1.165) is 17.9 Å². The highest BCUT2D eigenvalue weighted by molar-refractivity contribution is 5.67. The van der Waals surface area contributed by atoms with Crippen LogP contribution < -0.4 is 5.32 Å². The van der Waals surface area contributed by atoms with Crippen molar-refractivity contribution in [2.24, 2.45) is 11.3 Å². The van der Waals surface area contributed by atoms with E-state index in [4.69, 9.17) is 4.74 Å². The van der Waals surface area contributed by atoms with E-state index in [0.29, 0.717) is 5.41 Å². The predicted octanol–water partition coefficient (Wildman–Crippen LogP) is 2.46. The first-order valence-electron chi connectivity index (χ1n) is 7.27. The zero-order valence-electron chi connectivity index (χ0n) is 11.5. The second-order valence-corrected chi connectivity index (χ2v) is 6.27. The number of ether oxygens (including phenoxy) is 1. The molecule has 0 radical (unpaired) electrons. The minimum absolute atomic E-state index is 0.0210. The summed E-state index contributed by atoms with van der Waals surface area (Å²) < 4.78 is 5.18. The highest BCUT2D eigenvalue weighted by Gasteiger charge is 2.56. The number of amides is 1. The van der Waals surface area contributed by atoms with Gasteiger partial charge in [-0.2, -0.15) is 0 Å². The Morgan fingerprint density at radius 2 is 2.05 bits per heavy atom. The summed E-state index contributed by atoms with van der Waals surface area (Å²) in [7, 11) is 0. The van der Waals surface area contributed by atoms with Crippen LogP contribution in [0.1, 0.15) is 31.2 Å². The van der Waals surface area contributed by atoms with E-state index in [-0.39, 0.29) is 19.3 Å². The van der Waals surface area contributed by atoms with Gasteiger partial charge in [-0.25, -0.2) is 4.79 Å². The number of nitrogens with one attached hydrogen (secondary N) is 1. The molecule has 4 nitrogen and oxygen atoms in total. The van der Waals surface area contributed by atoms with Crippen molar-refractivity contribution in [3.05, 3.63) is 35.9 Å². The summed E-state index contributed by atoms with van der Waals surface area (Å²) in [4.78, 5) is 11.7. The lowest BCUT2D eigenvalue weighted by atomic mass is 9.43. The lowest BCUT2D eigenvalue weighted by molar-refractivity contribution is -0.119. The minimum Gasteiger partial charge on any atom is -0.445 e. The summed E-state index contributed by atoms with van der Waals surface area (Å²) in [6, 6.07) is 9.40. The summed E-state index contributed by atoms with van der Waals surface area (Å²) in [5, 5.41) is 12.2. The molecule has 0 aromatic heterocycles. The lowest BCUT2D eigenvalue weighted by Crippen LogP contribution is -2.55. The van der Waals surface area contributed by atoms with Gasteiger partial charge in [0.05, 0.1) is 12.6 Å². The maximum absolute atomic E-state index is 11.7. The second kappa shape index (κ2) is 5.44. The van der Waals surface area contributed by atoms with Gasteiger partial charge in [0.15, 0.2) is 0 Å². The maximum atomic E-state index is 11.7. The SMILES string of the molecule is O=C(N[C@@H](CO)CC12CC(C1)C2)OCc1ccccc1. The lowest BCUT2D eigenvalue weighted by Gasteiger charge is -2.63. The summed E-state index contributed by atoms with van der Waals surface area (Å²) in [6.45, 7) is 0.241. The third-order valence-corrected chi connectivity index (χ3v) is 4.60. The largest absolute Gasteiger partial charge is 0.445 e. The number of aliphatic hydroxyl groups is 1. The standard InChI is InChI=1S/C16H21NO3/c18-10-14(9-16-6-13(7-16)8-16)17-15(19)20-11-12-4-2-1-3-5-12/h1-5,13-14,18H,6-11H2,(H,17,19)/t13?,14-,16?/m1/s1. The van der Waals surface area contributed by atoms with Gasteiger partial charge in [-0.3, -0.25) is 0 Å². The second-order valence-electron chi connectivity index (χ2n) is 6.27. The van der Waals surface area contributed by atoms with Gasteiger partial charge < -0.3 is 15.2 Å². The fourth-order valence-electron chi connectivity index (χ4n) is 3.52. The predicted molar refractivity (Wildman–Crippen MR) is 75.0 cm³/mol. The van der Waals surface area contributed by atoms with Crippen molar-refractivity contribution in [3.63, 3.8) is 0 Å². The van der Waals surface area contributed by atoms with Gasteiger partial charge in [0.2, 0.25) is 0 Å². The molecule has 1 aromatic rings. The van der Waals surface area contributed by atoms with Crippen molar-refractivity contribution < 1.29 is 14.6 Å². The van der Waals surface area contributed by atoms with E-state index < -0.39 is 6.09 Å². The van der Waals surface area contributed by atoms with Crippen LogP contribution in [0.15, 0.2) is 30.3 Å². The van der Waals surface area contributed by atoms with Crippen LogP contribution in [-0.4, -0.2) is 23.8 Å². The van der Waals surface area contributed by atoms with Gasteiger partial charge in [0.1, 0.15) is 6.61 Å². The molecule has 3 aliphatic rings. The normalized spacial score (nSPS) is 27.9. The molecule has 1 aromatic carbocycles. The van der Waals surface area contributed by atoms with Gasteiger partial charge in [0.25, 0.3) is 0 Å². The highest BCUT2D eigenvalue weighted by atomic mass is 16.5. The molecule has 4 heteroatoms. The van der Waals surface area contributed by atoms with E-state index >= 15 is 0 Å². The molecule has 3 aliphatic carbocycles. The Morgan fingerprint density at radius 3 is 2.60 bits per heavy atom. The molecule has 20 heavy (non-hydrogen) atoms. The number of rotatable bonds is 6. The zero-order chi connectivity index (χ0) is 14.0. The van der Waals surface area contributed by atoms with Gasteiger partial charge in [-0.1, -0.05) is 30.3 Å². The van der Waals surface area contributed by atoms with Crippen molar-refractivity contribution in [3.8, 4) is 0 Å². The van der Waals surface area contributed by atoms with Gasteiger partial charge in [-0.05, 0) is 42.6 Å². The number of alkyl carbamates (subject to hydrolysis) is 1. The Bertz CT molecular complexity index is 457. The molecule has 1 amide bonds. The molecule has 4 rings (SSSR count). The number of hydrogen-bond donors (Lipinski definition) is 2. The maximum Gasteiger partial charge on any atom is 0.407 e. The molecule has 0 unspecified atom stereocenters. The number of carbonyl (C=O) groups is 1. The minimum atomic E-state index is -0.445. The fraction of sp³-hybridized carbons (Fsp3) is 0.562. The average molecular weight is 275 g/mol. The van der Waals surface area contributed by atoms with Crippen LogP contribution in [0.4, 0.5) is 4.79 Å². The average Bonchev–Trinajstić information content (AvgIpc) is 2.39. The molecular formula is C16H21NO3. The Morgan fingerprint density at radius 1 is 1.35 bits per heavy atom. The van der Waals surface area contributed by atoms with Gasteiger partial charge in [-0.15, -0.1) is 0 Å². The number of hydrogen-bond acceptors (Lipinski definition) is 3. The quantitative estimate of drug-likeness (QED) is 0.838. The molecule has 0 heterocycles. The molecule has 3 saturated carbocycles. The van der Waals surface area contributed by atoms with Crippen LogP contribution in [0, 0.1) is 11.3 Å². The summed E-state index contributed by atoms with van der Waals surface area (Å²) in [5.74, 6) is 0.916. The van der Waals surface area contributed by atoms with Crippen LogP contribution >= 0.6 is 0 Å². The van der Waals surface area contributed by atoms with E-state index in [1.807, 2.05) is 30.3 Å². The first kappa shape index (κ1) is 13.4. The van der Waals surface area contributed by atoms with Crippen LogP contribution in [0.3, 0.4) is 0 Å². The molecule has 0 aliphatic heterocycles. The Hall–Kier alpha value is -1.55. The molecule has 0 spiro atoms. The van der Waals surface area contributed by atoms with Crippen LogP contribution in [0.5, 0.6) is 0 Å². The fourth-order valence-corrected chi connectivity index (χ4v) is 3.52. The first-order valence-corrected chi connectivity index (χ1v) is 7.27. The van der Waals surface area contributed by atoms with Crippen molar-refractivity contribution in [2.45, 2.75) is 38.3 Å². The number of carbonyl (C=O) groups excluding carboxylic acids is 1. The van der Waals surface area contributed by atoms with Crippen LogP contribution in [0.2, 0.25) is 0 Å². The van der Waals surface area contributed by atoms with Crippen LogP contribution in [-0.2, 0) is 11.3 Å². The topological polar surface area (TPSA) is 58.6 Å². The third-order valence-electron chi connectivity index (χ3n) is 4.60. The van der Waals surface area contributed by atoms with Gasteiger partial charge >= 0.3 is 6.09 Å². The van der Waals surface area contributed by atoms with Crippen molar-refractivity contribution in [2.75, 3.05) is 6.61 Å². The molecular weight excluding hydrogens is 254 g/mol. The summed E-state index contributed by atoms with van der Waals surface area (Å²) in [6.07, 6.45) is 4.23. The molecule has 2 N–H and O–H groups in total. The van der Waals surface area contributed by atoms with Crippen LogP contribution in [0.25, 0.3) is 0 Å². The summed E-state index contributed by atoms with van der Waals surface area (Å²) >= 11 is 0. The Balaban J connectivity index is 1.42. The smallest absolute Gasteiger partial charge is 0.407 e. The number of aliphatic hydroxyl groups excluding tert-OH is 1. The molecule has 1 atom stereocenters. The Kier molecular flexibility index (Phi) is 3.66. The van der Waals surface area contributed by atoms with Crippen molar-refractivity contribution >= 4 is 6.09 Å². The first-order chi connectivity index (χ1) is 9.69. The van der Waals surface area contributed by atoms with Crippen molar-refractivity contribution in [1.29, 1.82) is 0 Å².